The van der Waals surface area contributed by atoms with E-state index in [1.807, 2.05) is 26.1 Å². The molecule has 164 valence electrons. The van der Waals surface area contributed by atoms with Gasteiger partial charge < -0.3 is 5.32 Å². The molecule has 0 saturated heterocycles. The Hall–Kier alpha value is -2.25. The summed E-state index contributed by atoms with van der Waals surface area (Å²) in [6.45, 7) is 4.41. The Morgan fingerprint density at radius 1 is 1.16 bits per heavy atom. The van der Waals surface area contributed by atoms with Gasteiger partial charge in [0, 0.05) is 59.4 Å². The number of nitrogens with zero attached hydrogens (tertiary/aromatic N) is 1. The molecule has 1 unspecified atom stereocenters. The number of pyridine rings is 1. The molecular formula is C24H29N3O3S. The molecule has 3 aliphatic rings. The second kappa shape index (κ2) is 7.71. The highest BCUT2D eigenvalue weighted by Gasteiger charge is 2.33. The maximum atomic E-state index is 13.5. The van der Waals surface area contributed by atoms with Crippen molar-refractivity contribution in [2.24, 2.45) is 5.92 Å². The van der Waals surface area contributed by atoms with Crippen LogP contribution in [-0.2, 0) is 27.7 Å². The van der Waals surface area contributed by atoms with E-state index in [9.17, 15) is 13.2 Å². The van der Waals surface area contributed by atoms with Crippen LogP contribution in [0.2, 0.25) is 0 Å². The van der Waals surface area contributed by atoms with Gasteiger partial charge in [0.05, 0.1) is 4.90 Å². The molecule has 1 aromatic carbocycles. The van der Waals surface area contributed by atoms with E-state index in [4.69, 9.17) is 0 Å². The molecule has 0 spiro atoms. The number of sulfonamides is 1. The van der Waals surface area contributed by atoms with Crippen LogP contribution in [0.25, 0.3) is 10.8 Å². The molecule has 0 amide bonds. The van der Waals surface area contributed by atoms with Gasteiger partial charge in [-0.3, -0.25) is 9.78 Å². The molecule has 6 nitrogen and oxygen atoms in total. The van der Waals surface area contributed by atoms with Crippen molar-refractivity contribution >= 4 is 26.6 Å². The van der Waals surface area contributed by atoms with Gasteiger partial charge in [-0.1, -0.05) is 13.8 Å². The summed E-state index contributed by atoms with van der Waals surface area (Å²) in [5, 5.41) is 5.15. The zero-order chi connectivity index (χ0) is 21.8. The Kier molecular flexibility index (Phi) is 5.13. The molecule has 1 saturated carbocycles. The number of allylic oxidation sites excluding steroid dienone is 2. The van der Waals surface area contributed by atoms with Crippen LogP contribution >= 0.6 is 0 Å². The number of hydrogen-bond acceptors (Lipinski definition) is 5. The van der Waals surface area contributed by atoms with Crippen LogP contribution in [0.15, 0.2) is 35.0 Å². The minimum atomic E-state index is -3.66. The van der Waals surface area contributed by atoms with Crippen molar-refractivity contribution in [3.05, 3.63) is 46.9 Å². The van der Waals surface area contributed by atoms with Crippen LogP contribution in [-0.4, -0.2) is 31.8 Å². The van der Waals surface area contributed by atoms with E-state index in [0.29, 0.717) is 30.2 Å². The fourth-order valence-corrected chi connectivity index (χ4v) is 6.40. The zero-order valence-electron chi connectivity index (χ0n) is 18.1. The van der Waals surface area contributed by atoms with E-state index in [-0.39, 0.29) is 17.7 Å². The Labute approximate surface area is 183 Å². The van der Waals surface area contributed by atoms with Crippen LogP contribution in [0, 0.1) is 5.92 Å². The van der Waals surface area contributed by atoms with Gasteiger partial charge in [-0.2, -0.15) is 0 Å². The van der Waals surface area contributed by atoms with Crippen LogP contribution < -0.4 is 10.0 Å². The average Bonchev–Trinajstić information content (AvgIpc) is 3.38. The molecule has 0 bridgehead atoms. The minimum absolute atomic E-state index is 0.0962. The predicted octanol–water partition coefficient (Wildman–Crippen LogP) is 3.35. The second-order valence-corrected chi connectivity index (χ2v) is 11.3. The first kappa shape index (κ1) is 20.6. The molecule has 7 heteroatoms. The molecule has 0 radical (unpaired) electrons. The normalized spacial score (nSPS) is 21.1. The molecule has 3 aliphatic carbocycles. The molecule has 1 aromatic heterocycles. The number of carbonyl (C=O) groups excluding carboxylic acids is 1. The third-order valence-electron chi connectivity index (χ3n) is 6.42. The van der Waals surface area contributed by atoms with Crippen molar-refractivity contribution < 1.29 is 13.2 Å². The number of carbonyl (C=O) groups is 1. The smallest absolute Gasteiger partial charge is 0.241 e. The number of ketones is 1. The molecule has 0 aliphatic heterocycles. The molecule has 1 fully saturated rings. The molecule has 1 heterocycles. The van der Waals surface area contributed by atoms with Crippen molar-refractivity contribution in [3.63, 3.8) is 0 Å². The lowest BCUT2D eigenvalue weighted by molar-refractivity contribution is -0.114. The number of fused-ring (bicyclic) bond motifs is 2. The monoisotopic (exact) mass is 439 g/mol. The van der Waals surface area contributed by atoms with Gasteiger partial charge in [0.15, 0.2) is 5.78 Å². The molecule has 5 rings (SSSR count). The van der Waals surface area contributed by atoms with Crippen molar-refractivity contribution in [1.29, 1.82) is 0 Å². The average molecular weight is 440 g/mol. The van der Waals surface area contributed by atoms with Crippen LogP contribution in [0.4, 0.5) is 0 Å². The Bertz CT molecular complexity index is 1200. The van der Waals surface area contributed by atoms with Gasteiger partial charge in [-0.25, -0.2) is 13.1 Å². The van der Waals surface area contributed by atoms with Gasteiger partial charge in [0.2, 0.25) is 10.0 Å². The van der Waals surface area contributed by atoms with E-state index in [0.717, 1.165) is 59.0 Å². The number of hydrogen-bond donors (Lipinski definition) is 2. The van der Waals surface area contributed by atoms with Crippen molar-refractivity contribution in [1.82, 2.24) is 15.0 Å². The number of rotatable bonds is 7. The fourth-order valence-electron chi connectivity index (χ4n) is 4.70. The highest BCUT2D eigenvalue weighted by molar-refractivity contribution is 7.89. The molecule has 1 atom stereocenters. The highest BCUT2D eigenvalue weighted by Crippen LogP contribution is 2.42. The van der Waals surface area contributed by atoms with E-state index in [1.165, 1.54) is 0 Å². The quantitative estimate of drug-likeness (QED) is 0.691. The summed E-state index contributed by atoms with van der Waals surface area (Å²) < 4.78 is 29.8. The van der Waals surface area contributed by atoms with E-state index in [2.05, 4.69) is 21.1 Å². The lowest BCUT2D eigenvalue weighted by Gasteiger charge is -2.16. The van der Waals surface area contributed by atoms with Gasteiger partial charge in [0.25, 0.3) is 0 Å². The third-order valence-corrected chi connectivity index (χ3v) is 7.97. The largest absolute Gasteiger partial charge is 0.385 e. The van der Waals surface area contributed by atoms with Crippen LogP contribution in [0.5, 0.6) is 0 Å². The summed E-state index contributed by atoms with van der Waals surface area (Å²) in [6, 6.07) is 4.20. The summed E-state index contributed by atoms with van der Waals surface area (Å²) >= 11 is 0. The molecule has 2 N–H and O–H groups in total. The predicted molar refractivity (Wildman–Crippen MR) is 120 cm³/mol. The van der Waals surface area contributed by atoms with E-state index in [1.54, 1.807) is 6.08 Å². The fraction of sp³-hybridized carbons (Fsp3) is 0.500. The summed E-state index contributed by atoms with van der Waals surface area (Å²) in [5.74, 6) is 0.837. The SMILES string of the molecule is CC(C)CNS(=O)(=O)c1c2c(cc3cnc(C4CC4)cc13)CC(NC1=CC(=O)CC1)C2. The van der Waals surface area contributed by atoms with Crippen molar-refractivity contribution in [3.8, 4) is 0 Å². The van der Waals surface area contributed by atoms with E-state index < -0.39 is 10.0 Å². The Morgan fingerprint density at radius 3 is 2.65 bits per heavy atom. The number of nitrogens with one attached hydrogen (secondary N) is 2. The van der Waals surface area contributed by atoms with Gasteiger partial charge in [-0.15, -0.1) is 0 Å². The van der Waals surface area contributed by atoms with Crippen LogP contribution in [0.3, 0.4) is 0 Å². The summed E-state index contributed by atoms with van der Waals surface area (Å²) in [7, 11) is -3.66. The van der Waals surface area contributed by atoms with E-state index >= 15 is 0 Å². The van der Waals surface area contributed by atoms with Crippen molar-refractivity contribution in [2.75, 3.05) is 6.54 Å². The third kappa shape index (κ3) is 4.13. The first-order chi connectivity index (χ1) is 14.8. The van der Waals surface area contributed by atoms with Crippen molar-refractivity contribution in [2.45, 2.75) is 69.2 Å². The van der Waals surface area contributed by atoms with Gasteiger partial charge in [0.1, 0.15) is 0 Å². The number of benzene rings is 1. The molecular weight excluding hydrogens is 410 g/mol. The second-order valence-electron chi connectivity index (χ2n) is 9.58. The van der Waals surface area contributed by atoms with Gasteiger partial charge in [-0.05, 0) is 61.3 Å². The summed E-state index contributed by atoms with van der Waals surface area (Å²) in [6.07, 6.45) is 8.44. The summed E-state index contributed by atoms with van der Waals surface area (Å²) in [5.41, 5.74) is 3.92. The Morgan fingerprint density at radius 2 is 1.97 bits per heavy atom. The molecule has 2 aromatic rings. The number of aromatic nitrogens is 1. The standard InChI is InChI=1S/C24H29N3O3S/c1-14(2)12-26-31(29,30)24-21-10-19(27-18-5-6-20(28)9-18)8-16(21)7-17-13-25-23(11-22(17)24)15-3-4-15/h7,9,11,13-15,19,26-27H,3-6,8,10,12H2,1-2H3. The lowest BCUT2D eigenvalue weighted by Crippen LogP contribution is -2.30. The van der Waals surface area contributed by atoms with Gasteiger partial charge >= 0.3 is 0 Å². The first-order valence-corrected chi connectivity index (χ1v) is 12.7. The van der Waals surface area contributed by atoms with Crippen LogP contribution in [0.1, 0.15) is 62.3 Å². The summed E-state index contributed by atoms with van der Waals surface area (Å²) in [4.78, 5) is 16.6. The maximum Gasteiger partial charge on any atom is 0.241 e. The molecule has 31 heavy (non-hydrogen) atoms. The highest BCUT2D eigenvalue weighted by atomic mass is 32.2. The zero-order valence-corrected chi connectivity index (χ0v) is 18.9. The topological polar surface area (TPSA) is 88.2 Å². The lowest BCUT2D eigenvalue weighted by atomic mass is 10.0. The maximum absolute atomic E-state index is 13.5. The first-order valence-electron chi connectivity index (χ1n) is 11.2. The minimum Gasteiger partial charge on any atom is -0.385 e. The Balaban J connectivity index is 1.57.